The summed E-state index contributed by atoms with van der Waals surface area (Å²) in [6.07, 6.45) is -1.26. The van der Waals surface area contributed by atoms with Crippen molar-refractivity contribution in [3.05, 3.63) is 33.9 Å². The molecule has 1 fully saturated rings. The number of carbonyl (C=O) groups is 2. The molecule has 13 nitrogen and oxygen atoms in total. The second-order valence-electron chi connectivity index (χ2n) is 11.7. The summed E-state index contributed by atoms with van der Waals surface area (Å²) in [5, 5.41) is 27.3. The van der Waals surface area contributed by atoms with Crippen LogP contribution in [0.3, 0.4) is 0 Å². The number of rotatable bonds is 7. The zero-order valence-electron chi connectivity index (χ0n) is 25.7. The minimum Gasteiger partial charge on any atom is -0.388 e. The van der Waals surface area contributed by atoms with E-state index in [4.69, 9.17) is 9.47 Å². The molecule has 1 aliphatic heterocycles. The Labute approximate surface area is 247 Å². The van der Waals surface area contributed by atoms with E-state index in [0.717, 1.165) is 5.69 Å². The first-order valence-electron chi connectivity index (χ1n) is 14.8. The number of nitrogens with one attached hydrogen (secondary N) is 2. The average Bonchev–Trinajstić information content (AvgIpc) is 3.32. The van der Waals surface area contributed by atoms with Crippen LogP contribution >= 0.6 is 0 Å². The van der Waals surface area contributed by atoms with Crippen LogP contribution in [-0.2, 0) is 19.1 Å². The zero-order chi connectivity index (χ0) is 31.0. The molecule has 0 bridgehead atoms. The number of H-pyrrole nitrogens is 1. The molecule has 42 heavy (non-hydrogen) atoms. The molecule has 13 heteroatoms. The third-order valence-corrected chi connectivity index (χ3v) is 7.69. The molecule has 0 saturated carbocycles. The summed E-state index contributed by atoms with van der Waals surface area (Å²) in [4.78, 5) is 47.1. The summed E-state index contributed by atoms with van der Waals surface area (Å²) < 4.78 is 12.4. The molecule has 2 amide bonds. The summed E-state index contributed by atoms with van der Waals surface area (Å²) >= 11 is 0. The molecule has 0 aromatic carbocycles. The van der Waals surface area contributed by atoms with Crippen molar-refractivity contribution in [1.82, 2.24) is 29.7 Å². The predicted octanol–water partition coefficient (Wildman–Crippen LogP) is 0.621. The second kappa shape index (κ2) is 15.6. The Bertz CT molecular complexity index is 1230. The molecule has 1 unspecified atom stereocenters. The maximum Gasteiger partial charge on any atom is 0.272 e. The number of hydrogen-bond donors (Lipinski definition) is 4. The summed E-state index contributed by atoms with van der Waals surface area (Å²) in [5.74, 6) is -0.103. The Hall–Kier alpha value is -2.84. The fourth-order valence-electron chi connectivity index (χ4n) is 5.32. The number of nitrogens with zero attached hydrogens (tertiary/aromatic N) is 4. The normalized spacial score (nSPS) is 24.1. The summed E-state index contributed by atoms with van der Waals surface area (Å²) in [6.45, 7) is 10.4. The SMILES string of the molecule is CO[C@@H]1CN(C(C)=O)C[C@H](CC(C)C)N(C(=O)CNC(C)c2cc(=O)n3[nH]c(C)cc3n2)CCCCOC[C@@H](O)[C@H]1O. The van der Waals surface area contributed by atoms with Gasteiger partial charge in [-0.3, -0.25) is 19.5 Å². The Morgan fingerprint density at radius 1 is 1.21 bits per heavy atom. The number of fused-ring (bicyclic) bond motifs is 1. The molecule has 236 valence electrons. The monoisotopic (exact) mass is 592 g/mol. The molecular weight excluding hydrogens is 544 g/mol. The van der Waals surface area contributed by atoms with Crippen LogP contribution in [0.5, 0.6) is 0 Å². The first-order chi connectivity index (χ1) is 19.9. The lowest BCUT2D eigenvalue weighted by atomic mass is 10.00. The van der Waals surface area contributed by atoms with E-state index in [0.29, 0.717) is 43.8 Å². The summed E-state index contributed by atoms with van der Waals surface area (Å²) in [6, 6.07) is 2.60. The Balaban J connectivity index is 1.82. The maximum atomic E-state index is 13.8. The molecular formula is C29H48N6O7. The van der Waals surface area contributed by atoms with Gasteiger partial charge in [0.2, 0.25) is 11.8 Å². The number of aromatic amines is 1. The summed E-state index contributed by atoms with van der Waals surface area (Å²) in [5.41, 5.74) is 1.64. The van der Waals surface area contributed by atoms with E-state index in [1.54, 1.807) is 11.0 Å². The minimum atomic E-state index is -1.25. The van der Waals surface area contributed by atoms with Crippen molar-refractivity contribution < 1.29 is 29.3 Å². The Kier molecular flexibility index (Phi) is 12.5. The van der Waals surface area contributed by atoms with Crippen molar-refractivity contribution >= 4 is 17.5 Å². The van der Waals surface area contributed by atoms with Gasteiger partial charge in [-0.05, 0) is 39.0 Å². The van der Waals surface area contributed by atoms with Gasteiger partial charge >= 0.3 is 0 Å². The van der Waals surface area contributed by atoms with Gasteiger partial charge in [0.05, 0.1) is 18.8 Å². The number of hydrogen-bond acceptors (Lipinski definition) is 9. The van der Waals surface area contributed by atoms with E-state index in [9.17, 15) is 24.6 Å². The molecule has 4 N–H and O–H groups in total. The fraction of sp³-hybridized carbons (Fsp3) is 0.724. The van der Waals surface area contributed by atoms with Crippen molar-refractivity contribution in [2.24, 2.45) is 5.92 Å². The highest BCUT2D eigenvalue weighted by molar-refractivity contribution is 5.79. The quantitative estimate of drug-likeness (QED) is 0.361. The van der Waals surface area contributed by atoms with E-state index in [-0.39, 0.29) is 61.6 Å². The number of ether oxygens (including phenoxy) is 2. The smallest absolute Gasteiger partial charge is 0.272 e. The van der Waals surface area contributed by atoms with Crippen molar-refractivity contribution in [3.63, 3.8) is 0 Å². The molecule has 2 aromatic rings. The highest BCUT2D eigenvalue weighted by atomic mass is 16.5. The van der Waals surface area contributed by atoms with Crippen LogP contribution in [0.1, 0.15) is 64.4 Å². The number of aliphatic hydroxyl groups excluding tert-OH is 2. The highest BCUT2D eigenvalue weighted by Gasteiger charge is 2.33. The molecule has 3 rings (SSSR count). The van der Waals surface area contributed by atoms with Crippen LogP contribution in [0.4, 0.5) is 0 Å². The van der Waals surface area contributed by atoms with Gasteiger partial charge in [-0.1, -0.05) is 13.8 Å². The van der Waals surface area contributed by atoms with Gasteiger partial charge < -0.3 is 34.8 Å². The number of aliphatic hydroxyl groups is 2. The maximum absolute atomic E-state index is 13.8. The van der Waals surface area contributed by atoms with E-state index in [1.165, 1.54) is 24.6 Å². The van der Waals surface area contributed by atoms with Crippen LogP contribution in [0.15, 0.2) is 16.9 Å². The van der Waals surface area contributed by atoms with Crippen molar-refractivity contribution in [3.8, 4) is 0 Å². The largest absolute Gasteiger partial charge is 0.388 e. The van der Waals surface area contributed by atoms with E-state index in [2.05, 4.69) is 29.2 Å². The molecule has 0 spiro atoms. The number of amides is 2. The van der Waals surface area contributed by atoms with Crippen LogP contribution < -0.4 is 10.9 Å². The highest BCUT2D eigenvalue weighted by Crippen LogP contribution is 2.18. The van der Waals surface area contributed by atoms with Gasteiger partial charge in [-0.25, -0.2) is 9.50 Å². The van der Waals surface area contributed by atoms with Gasteiger partial charge in [-0.15, -0.1) is 0 Å². The molecule has 0 radical (unpaired) electrons. The topological polar surface area (TPSA) is 162 Å². The summed E-state index contributed by atoms with van der Waals surface area (Å²) in [7, 11) is 1.43. The minimum absolute atomic E-state index is 0.0190. The van der Waals surface area contributed by atoms with E-state index >= 15 is 0 Å². The van der Waals surface area contributed by atoms with Gasteiger partial charge in [-0.2, -0.15) is 0 Å². The zero-order valence-corrected chi connectivity index (χ0v) is 25.7. The van der Waals surface area contributed by atoms with Crippen LogP contribution in [0.25, 0.3) is 5.65 Å². The number of carbonyl (C=O) groups excluding carboxylic acids is 2. The van der Waals surface area contributed by atoms with Crippen molar-refractivity contribution in [2.75, 3.05) is 46.5 Å². The van der Waals surface area contributed by atoms with Gasteiger partial charge in [0.1, 0.15) is 18.3 Å². The van der Waals surface area contributed by atoms with E-state index < -0.39 is 18.3 Å². The third-order valence-electron chi connectivity index (χ3n) is 7.69. The van der Waals surface area contributed by atoms with Crippen molar-refractivity contribution in [1.29, 1.82) is 0 Å². The lowest BCUT2D eigenvalue weighted by Gasteiger charge is -2.38. The molecule has 2 aromatic heterocycles. The van der Waals surface area contributed by atoms with Gasteiger partial charge in [0, 0.05) is 70.2 Å². The Morgan fingerprint density at radius 3 is 2.62 bits per heavy atom. The van der Waals surface area contributed by atoms with Crippen molar-refractivity contribution in [2.45, 2.75) is 84.3 Å². The standard InChI is InChI=1S/C29H48N6O7/c1-18(2)11-22-15-33(21(5)36)16-25(41-6)29(40)24(37)17-42-10-8-7-9-34(22)28(39)14-30-20(4)23-13-27(38)35-26(31-23)12-19(3)32-35/h12-13,18,20,22,24-25,29-30,32,37,40H,7-11,14-17H2,1-6H3/t20?,22-,24+,25+,29+/m0/s1. The molecule has 5 atom stereocenters. The first-order valence-corrected chi connectivity index (χ1v) is 14.8. The predicted molar refractivity (Wildman–Crippen MR) is 157 cm³/mol. The fourth-order valence-corrected chi connectivity index (χ4v) is 5.32. The molecule has 3 heterocycles. The second-order valence-corrected chi connectivity index (χ2v) is 11.7. The Morgan fingerprint density at radius 2 is 1.95 bits per heavy atom. The lowest BCUT2D eigenvalue weighted by molar-refractivity contribution is -0.142. The molecule has 1 saturated heterocycles. The molecule has 0 aliphatic carbocycles. The van der Waals surface area contributed by atoms with Gasteiger partial charge in [0.25, 0.3) is 5.56 Å². The number of methoxy groups -OCH3 is 1. The first kappa shape index (κ1) is 33.7. The van der Waals surface area contributed by atoms with E-state index in [1.807, 2.05) is 18.7 Å². The van der Waals surface area contributed by atoms with Crippen LogP contribution in [0, 0.1) is 12.8 Å². The lowest BCUT2D eigenvalue weighted by Crippen LogP contribution is -2.54. The van der Waals surface area contributed by atoms with Crippen LogP contribution in [0.2, 0.25) is 0 Å². The third kappa shape index (κ3) is 9.08. The number of aromatic nitrogens is 3. The average molecular weight is 593 g/mol. The van der Waals surface area contributed by atoms with Gasteiger partial charge in [0.15, 0.2) is 5.65 Å². The number of aryl methyl sites for hydroxylation is 1. The molecule has 1 aliphatic rings. The van der Waals surface area contributed by atoms with Crippen LogP contribution in [-0.4, -0.2) is 117 Å².